The van der Waals surface area contributed by atoms with E-state index in [1.54, 1.807) is 44.2 Å². The smallest absolute Gasteiger partial charge is 0.328 e. The number of furan rings is 1. The Morgan fingerprint density at radius 3 is 2.42 bits per heavy atom. The standard InChI is InChI=1S/C18H21N3O5/c1-3-25-18(24)11(2)20-16(22)12-4-6-14(7-5-12)21-17(23)13-8-15(9-19)26-10-13/h4-8,10-11H,3,9,19H2,1-2H3,(H,20,22)(H,21,23). The highest BCUT2D eigenvalue weighted by atomic mass is 16.5. The van der Waals surface area contributed by atoms with Crippen LogP contribution in [0.2, 0.25) is 0 Å². The Morgan fingerprint density at radius 2 is 1.85 bits per heavy atom. The van der Waals surface area contributed by atoms with Crippen LogP contribution in [0.5, 0.6) is 0 Å². The summed E-state index contributed by atoms with van der Waals surface area (Å²) in [7, 11) is 0. The lowest BCUT2D eigenvalue weighted by molar-refractivity contribution is -0.144. The van der Waals surface area contributed by atoms with Gasteiger partial charge in [-0.25, -0.2) is 4.79 Å². The summed E-state index contributed by atoms with van der Waals surface area (Å²) in [6, 6.07) is 7.08. The minimum atomic E-state index is -0.750. The molecule has 1 unspecified atom stereocenters. The number of esters is 1. The van der Waals surface area contributed by atoms with Crippen LogP contribution in [0.15, 0.2) is 41.0 Å². The molecular formula is C18H21N3O5. The minimum Gasteiger partial charge on any atom is -0.467 e. The van der Waals surface area contributed by atoms with Gasteiger partial charge in [0.15, 0.2) is 0 Å². The fourth-order valence-corrected chi connectivity index (χ4v) is 2.12. The van der Waals surface area contributed by atoms with Crippen LogP contribution in [-0.4, -0.2) is 30.4 Å². The van der Waals surface area contributed by atoms with Crippen molar-refractivity contribution in [1.29, 1.82) is 0 Å². The molecule has 2 aromatic rings. The number of rotatable bonds is 7. The van der Waals surface area contributed by atoms with Crippen molar-refractivity contribution in [2.24, 2.45) is 5.73 Å². The van der Waals surface area contributed by atoms with Crippen LogP contribution >= 0.6 is 0 Å². The number of ether oxygens (including phenoxy) is 1. The molecule has 2 rings (SSSR count). The number of nitrogens with one attached hydrogen (secondary N) is 2. The van der Waals surface area contributed by atoms with Crippen molar-refractivity contribution in [2.45, 2.75) is 26.4 Å². The second-order valence-corrected chi connectivity index (χ2v) is 5.48. The Hall–Kier alpha value is -3.13. The molecule has 1 aromatic heterocycles. The fraction of sp³-hybridized carbons (Fsp3) is 0.278. The predicted molar refractivity (Wildman–Crippen MR) is 94.6 cm³/mol. The zero-order valence-electron chi connectivity index (χ0n) is 14.6. The number of carbonyl (C=O) groups excluding carboxylic acids is 3. The van der Waals surface area contributed by atoms with Crippen molar-refractivity contribution in [2.75, 3.05) is 11.9 Å². The summed E-state index contributed by atoms with van der Waals surface area (Å²) < 4.78 is 9.96. The summed E-state index contributed by atoms with van der Waals surface area (Å²) in [6.45, 7) is 3.70. The van der Waals surface area contributed by atoms with Gasteiger partial charge in [0, 0.05) is 11.3 Å². The summed E-state index contributed by atoms with van der Waals surface area (Å²) in [4.78, 5) is 35.8. The largest absolute Gasteiger partial charge is 0.467 e. The molecule has 0 saturated carbocycles. The molecule has 1 aromatic carbocycles. The highest BCUT2D eigenvalue weighted by Crippen LogP contribution is 2.13. The van der Waals surface area contributed by atoms with E-state index in [0.29, 0.717) is 22.6 Å². The number of amides is 2. The number of hydrogen-bond acceptors (Lipinski definition) is 6. The molecule has 8 nitrogen and oxygen atoms in total. The second kappa shape index (κ2) is 8.82. The van der Waals surface area contributed by atoms with Crippen LogP contribution in [0.1, 0.15) is 40.3 Å². The van der Waals surface area contributed by atoms with Crippen molar-refractivity contribution in [3.8, 4) is 0 Å². The summed E-state index contributed by atoms with van der Waals surface area (Å²) in [5, 5.41) is 5.24. The van der Waals surface area contributed by atoms with E-state index in [-0.39, 0.29) is 19.1 Å². The molecule has 2 amide bonds. The van der Waals surface area contributed by atoms with E-state index in [0.717, 1.165) is 0 Å². The molecule has 138 valence electrons. The van der Waals surface area contributed by atoms with Crippen LogP contribution in [0, 0.1) is 0 Å². The third kappa shape index (κ3) is 4.93. The quantitative estimate of drug-likeness (QED) is 0.646. The summed E-state index contributed by atoms with van der Waals surface area (Å²) >= 11 is 0. The van der Waals surface area contributed by atoms with Crippen LogP contribution in [0.25, 0.3) is 0 Å². The number of benzene rings is 1. The summed E-state index contributed by atoms with van der Waals surface area (Å²) in [5.74, 6) is -0.744. The lowest BCUT2D eigenvalue weighted by atomic mass is 10.1. The van der Waals surface area contributed by atoms with E-state index in [1.807, 2.05) is 0 Å². The van der Waals surface area contributed by atoms with E-state index in [4.69, 9.17) is 14.9 Å². The highest BCUT2D eigenvalue weighted by molar-refractivity contribution is 6.04. The van der Waals surface area contributed by atoms with Crippen LogP contribution in [0.3, 0.4) is 0 Å². The zero-order valence-corrected chi connectivity index (χ0v) is 14.6. The first-order valence-electron chi connectivity index (χ1n) is 8.11. The summed E-state index contributed by atoms with van der Waals surface area (Å²) in [5.41, 5.74) is 6.66. The number of nitrogens with two attached hydrogens (primary N) is 1. The van der Waals surface area contributed by atoms with Gasteiger partial charge >= 0.3 is 5.97 Å². The van der Waals surface area contributed by atoms with Gasteiger partial charge in [0.05, 0.1) is 18.7 Å². The first-order valence-corrected chi connectivity index (χ1v) is 8.11. The molecule has 0 aliphatic rings. The first-order chi connectivity index (χ1) is 12.4. The average Bonchev–Trinajstić information content (AvgIpc) is 3.11. The molecular weight excluding hydrogens is 338 g/mol. The van der Waals surface area contributed by atoms with Gasteiger partial charge in [-0.15, -0.1) is 0 Å². The molecule has 0 fully saturated rings. The van der Waals surface area contributed by atoms with Gasteiger partial charge in [0.25, 0.3) is 11.8 Å². The van der Waals surface area contributed by atoms with Gasteiger partial charge in [0.2, 0.25) is 0 Å². The van der Waals surface area contributed by atoms with Gasteiger partial charge in [-0.3, -0.25) is 9.59 Å². The van der Waals surface area contributed by atoms with Gasteiger partial charge < -0.3 is 25.5 Å². The van der Waals surface area contributed by atoms with Crippen molar-refractivity contribution in [3.05, 3.63) is 53.5 Å². The SMILES string of the molecule is CCOC(=O)C(C)NC(=O)c1ccc(NC(=O)c2coc(CN)c2)cc1. The molecule has 0 saturated heterocycles. The Labute approximate surface area is 150 Å². The number of anilines is 1. The molecule has 26 heavy (non-hydrogen) atoms. The topological polar surface area (TPSA) is 124 Å². The van der Waals surface area contributed by atoms with Crippen molar-refractivity contribution >= 4 is 23.5 Å². The second-order valence-electron chi connectivity index (χ2n) is 5.48. The molecule has 0 aliphatic heterocycles. The molecule has 0 aliphatic carbocycles. The van der Waals surface area contributed by atoms with Gasteiger partial charge in [-0.2, -0.15) is 0 Å². The predicted octanol–water partition coefficient (Wildman–Crippen LogP) is 1.67. The molecule has 0 bridgehead atoms. The van der Waals surface area contributed by atoms with E-state index < -0.39 is 17.9 Å². The Morgan fingerprint density at radius 1 is 1.15 bits per heavy atom. The third-order valence-corrected chi connectivity index (χ3v) is 3.51. The third-order valence-electron chi connectivity index (χ3n) is 3.51. The van der Waals surface area contributed by atoms with E-state index >= 15 is 0 Å². The molecule has 1 atom stereocenters. The zero-order chi connectivity index (χ0) is 19.1. The molecule has 8 heteroatoms. The highest BCUT2D eigenvalue weighted by Gasteiger charge is 2.17. The first kappa shape index (κ1) is 19.2. The maximum absolute atomic E-state index is 12.1. The number of hydrogen-bond donors (Lipinski definition) is 3. The van der Waals surface area contributed by atoms with E-state index in [2.05, 4.69) is 10.6 Å². The van der Waals surface area contributed by atoms with Crippen molar-refractivity contribution in [1.82, 2.24) is 5.32 Å². The molecule has 4 N–H and O–H groups in total. The van der Waals surface area contributed by atoms with E-state index in [1.165, 1.54) is 6.26 Å². The number of carbonyl (C=O) groups is 3. The Bertz CT molecular complexity index is 782. The van der Waals surface area contributed by atoms with Gasteiger partial charge in [0.1, 0.15) is 18.1 Å². The van der Waals surface area contributed by atoms with Crippen LogP contribution < -0.4 is 16.4 Å². The average molecular weight is 359 g/mol. The van der Waals surface area contributed by atoms with Crippen LogP contribution in [-0.2, 0) is 16.1 Å². The van der Waals surface area contributed by atoms with E-state index in [9.17, 15) is 14.4 Å². The minimum absolute atomic E-state index is 0.210. The normalized spacial score (nSPS) is 11.5. The summed E-state index contributed by atoms with van der Waals surface area (Å²) in [6.07, 6.45) is 1.33. The van der Waals surface area contributed by atoms with Crippen molar-refractivity contribution < 1.29 is 23.5 Å². The molecule has 0 spiro atoms. The maximum atomic E-state index is 12.1. The van der Waals surface area contributed by atoms with Crippen LogP contribution in [0.4, 0.5) is 5.69 Å². The molecule has 0 radical (unpaired) electrons. The lowest BCUT2D eigenvalue weighted by Crippen LogP contribution is -2.39. The molecule has 1 heterocycles. The van der Waals surface area contributed by atoms with Crippen molar-refractivity contribution in [3.63, 3.8) is 0 Å². The lowest BCUT2D eigenvalue weighted by Gasteiger charge is -2.12. The Kier molecular flexibility index (Phi) is 6.51. The maximum Gasteiger partial charge on any atom is 0.328 e. The fourth-order valence-electron chi connectivity index (χ4n) is 2.12. The monoisotopic (exact) mass is 359 g/mol. The Balaban J connectivity index is 1.95. The van der Waals surface area contributed by atoms with Gasteiger partial charge in [-0.1, -0.05) is 0 Å². The van der Waals surface area contributed by atoms with Gasteiger partial charge in [-0.05, 0) is 44.2 Å².